The first-order valence-corrected chi connectivity index (χ1v) is 8.00. The maximum atomic E-state index is 5.44. The minimum Gasteiger partial charge on any atom is -0.381 e. The molecule has 21 heavy (non-hydrogen) atoms. The van der Waals surface area contributed by atoms with Gasteiger partial charge in [-0.05, 0) is 38.8 Å². The Bertz CT molecular complexity index is 445. The molecular weight excluding hydrogens is 268 g/mol. The van der Waals surface area contributed by atoms with Crippen LogP contribution >= 0.6 is 0 Å². The van der Waals surface area contributed by atoms with Gasteiger partial charge in [0.1, 0.15) is 0 Å². The number of hydrogen-bond donors (Lipinski definition) is 0. The highest BCUT2D eigenvalue weighted by atomic mass is 16.5. The van der Waals surface area contributed by atoms with Crippen molar-refractivity contribution in [3.05, 3.63) is 11.7 Å². The summed E-state index contributed by atoms with van der Waals surface area (Å²) in [5, 5.41) is 3.98. The molecular formula is C15H26N4O2. The summed E-state index contributed by atoms with van der Waals surface area (Å²) in [7, 11) is 2.16. The first-order valence-electron chi connectivity index (χ1n) is 8.00. The van der Waals surface area contributed by atoms with Gasteiger partial charge in [-0.3, -0.25) is 4.90 Å². The van der Waals surface area contributed by atoms with E-state index in [0.717, 1.165) is 38.0 Å². The van der Waals surface area contributed by atoms with E-state index < -0.39 is 0 Å². The summed E-state index contributed by atoms with van der Waals surface area (Å²) >= 11 is 0. The van der Waals surface area contributed by atoms with Crippen LogP contribution in [0.3, 0.4) is 0 Å². The lowest BCUT2D eigenvalue weighted by atomic mass is 10.00. The van der Waals surface area contributed by atoms with E-state index in [9.17, 15) is 0 Å². The smallest absolute Gasteiger partial charge is 0.223 e. The molecule has 0 bridgehead atoms. The van der Waals surface area contributed by atoms with Crippen molar-refractivity contribution in [2.75, 3.05) is 39.9 Å². The zero-order valence-electron chi connectivity index (χ0n) is 13.1. The minimum atomic E-state index is 0.601. The summed E-state index contributed by atoms with van der Waals surface area (Å²) in [6.45, 7) is 8.09. The first-order chi connectivity index (χ1) is 10.2. The molecule has 6 heteroatoms. The molecule has 0 aromatic carbocycles. The lowest BCUT2D eigenvalue weighted by Gasteiger charge is -2.28. The summed E-state index contributed by atoms with van der Waals surface area (Å²) in [5.74, 6) is 2.26. The third-order valence-electron chi connectivity index (χ3n) is 4.69. The summed E-state index contributed by atoms with van der Waals surface area (Å²) in [4.78, 5) is 9.25. The molecule has 2 aliphatic heterocycles. The summed E-state index contributed by atoms with van der Waals surface area (Å²) in [6, 6.07) is 0.601. The molecule has 3 rings (SSSR count). The predicted octanol–water partition coefficient (Wildman–Crippen LogP) is 1.31. The van der Waals surface area contributed by atoms with E-state index >= 15 is 0 Å². The summed E-state index contributed by atoms with van der Waals surface area (Å²) in [6.07, 6.45) is 3.68. The van der Waals surface area contributed by atoms with Crippen LogP contribution in [0.1, 0.15) is 31.0 Å². The van der Waals surface area contributed by atoms with Crippen molar-refractivity contribution in [2.24, 2.45) is 5.92 Å². The molecule has 0 amide bonds. The lowest BCUT2D eigenvalue weighted by Crippen LogP contribution is -2.36. The molecule has 0 aliphatic carbocycles. The fourth-order valence-corrected chi connectivity index (χ4v) is 3.39. The van der Waals surface area contributed by atoms with Crippen molar-refractivity contribution in [1.29, 1.82) is 0 Å². The van der Waals surface area contributed by atoms with Crippen LogP contribution in [0.4, 0.5) is 0 Å². The molecule has 0 radical (unpaired) electrons. The van der Waals surface area contributed by atoms with Gasteiger partial charge in [0.2, 0.25) is 5.89 Å². The Morgan fingerprint density at radius 1 is 1.29 bits per heavy atom. The maximum Gasteiger partial charge on any atom is 0.223 e. The van der Waals surface area contributed by atoms with E-state index in [1.54, 1.807) is 0 Å². The van der Waals surface area contributed by atoms with Crippen LogP contribution in [0, 0.1) is 12.8 Å². The highest BCUT2D eigenvalue weighted by Crippen LogP contribution is 2.21. The quantitative estimate of drug-likeness (QED) is 0.816. The molecule has 0 spiro atoms. The predicted molar refractivity (Wildman–Crippen MR) is 78.9 cm³/mol. The van der Waals surface area contributed by atoms with Gasteiger partial charge in [0.05, 0.1) is 6.54 Å². The monoisotopic (exact) mass is 294 g/mol. The van der Waals surface area contributed by atoms with Gasteiger partial charge in [0.25, 0.3) is 0 Å². The molecule has 1 aromatic heterocycles. The minimum absolute atomic E-state index is 0.601. The fraction of sp³-hybridized carbons (Fsp3) is 0.867. The number of aryl methyl sites for hydroxylation is 1. The number of rotatable bonds is 5. The Labute approximate surface area is 126 Å². The standard InChI is InChI=1S/C15H26N4O2/c1-12-16-15(17-21-12)11-18(2)14-3-6-19(10-14)9-13-4-7-20-8-5-13/h13-14H,3-11H2,1-2H3/t14-/m1/s1. The molecule has 1 atom stereocenters. The number of likely N-dealkylation sites (tertiary alicyclic amines) is 1. The molecule has 2 fully saturated rings. The van der Waals surface area contributed by atoms with Crippen LogP contribution in [-0.2, 0) is 11.3 Å². The normalized spacial score (nSPS) is 25.0. The SMILES string of the molecule is Cc1nc(CN(C)[C@@H]2CCN(CC3CCOCC3)C2)no1. The third kappa shape index (κ3) is 4.02. The highest BCUT2D eigenvalue weighted by molar-refractivity contribution is 4.88. The van der Waals surface area contributed by atoms with Gasteiger partial charge in [-0.2, -0.15) is 4.98 Å². The van der Waals surface area contributed by atoms with Crippen molar-refractivity contribution < 1.29 is 9.26 Å². The Hall–Kier alpha value is -0.980. The lowest BCUT2D eigenvalue weighted by molar-refractivity contribution is 0.0545. The average molecular weight is 294 g/mol. The van der Waals surface area contributed by atoms with Gasteiger partial charge in [-0.15, -0.1) is 0 Å². The van der Waals surface area contributed by atoms with Crippen molar-refractivity contribution in [2.45, 2.75) is 38.8 Å². The number of ether oxygens (including phenoxy) is 1. The van der Waals surface area contributed by atoms with Gasteiger partial charge in [-0.1, -0.05) is 5.16 Å². The Morgan fingerprint density at radius 2 is 2.10 bits per heavy atom. The number of likely N-dealkylation sites (N-methyl/N-ethyl adjacent to an activating group) is 1. The molecule has 6 nitrogen and oxygen atoms in total. The van der Waals surface area contributed by atoms with E-state index in [1.165, 1.54) is 32.4 Å². The Kier molecular flexibility index (Phi) is 4.87. The number of hydrogen-bond acceptors (Lipinski definition) is 6. The molecule has 2 aliphatic rings. The molecule has 118 valence electrons. The van der Waals surface area contributed by atoms with Crippen LogP contribution in [0.15, 0.2) is 4.52 Å². The molecule has 2 saturated heterocycles. The maximum absolute atomic E-state index is 5.44. The van der Waals surface area contributed by atoms with E-state index in [-0.39, 0.29) is 0 Å². The van der Waals surface area contributed by atoms with Gasteiger partial charge in [0, 0.05) is 39.3 Å². The van der Waals surface area contributed by atoms with Crippen LogP contribution in [-0.4, -0.2) is 65.9 Å². The van der Waals surface area contributed by atoms with Crippen LogP contribution in [0.2, 0.25) is 0 Å². The second-order valence-corrected chi connectivity index (χ2v) is 6.40. The fourth-order valence-electron chi connectivity index (χ4n) is 3.39. The third-order valence-corrected chi connectivity index (χ3v) is 4.69. The average Bonchev–Trinajstić information content (AvgIpc) is 3.09. The molecule has 0 saturated carbocycles. The van der Waals surface area contributed by atoms with Crippen LogP contribution in [0.5, 0.6) is 0 Å². The molecule has 0 N–H and O–H groups in total. The largest absolute Gasteiger partial charge is 0.381 e. The Morgan fingerprint density at radius 3 is 2.81 bits per heavy atom. The van der Waals surface area contributed by atoms with Crippen LogP contribution < -0.4 is 0 Å². The van der Waals surface area contributed by atoms with Gasteiger partial charge < -0.3 is 14.2 Å². The van der Waals surface area contributed by atoms with Crippen molar-refractivity contribution in [3.8, 4) is 0 Å². The number of nitrogens with zero attached hydrogens (tertiary/aromatic N) is 4. The van der Waals surface area contributed by atoms with Gasteiger partial charge in [-0.25, -0.2) is 0 Å². The van der Waals surface area contributed by atoms with E-state index in [0.29, 0.717) is 11.9 Å². The first kappa shape index (κ1) is 14.9. The molecule has 3 heterocycles. The second kappa shape index (κ2) is 6.85. The van der Waals surface area contributed by atoms with Crippen molar-refractivity contribution in [1.82, 2.24) is 19.9 Å². The van der Waals surface area contributed by atoms with Gasteiger partial charge in [0.15, 0.2) is 5.82 Å². The van der Waals surface area contributed by atoms with E-state index in [1.807, 2.05) is 6.92 Å². The van der Waals surface area contributed by atoms with E-state index in [2.05, 4.69) is 27.0 Å². The second-order valence-electron chi connectivity index (χ2n) is 6.40. The molecule has 1 aromatic rings. The van der Waals surface area contributed by atoms with Crippen molar-refractivity contribution in [3.63, 3.8) is 0 Å². The highest BCUT2D eigenvalue weighted by Gasteiger charge is 2.28. The Balaban J connectivity index is 1.44. The number of aromatic nitrogens is 2. The zero-order chi connectivity index (χ0) is 14.7. The van der Waals surface area contributed by atoms with Crippen molar-refractivity contribution >= 4 is 0 Å². The van der Waals surface area contributed by atoms with Crippen LogP contribution in [0.25, 0.3) is 0 Å². The summed E-state index contributed by atoms with van der Waals surface area (Å²) in [5.41, 5.74) is 0. The topological polar surface area (TPSA) is 54.6 Å². The molecule has 0 unspecified atom stereocenters. The summed E-state index contributed by atoms with van der Waals surface area (Å²) < 4.78 is 10.5. The van der Waals surface area contributed by atoms with E-state index in [4.69, 9.17) is 9.26 Å². The van der Waals surface area contributed by atoms with Gasteiger partial charge >= 0.3 is 0 Å². The zero-order valence-corrected chi connectivity index (χ0v) is 13.1.